The summed E-state index contributed by atoms with van der Waals surface area (Å²) in [6, 6.07) is 10.2. The van der Waals surface area contributed by atoms with Crippen molar-refractivity contribution in [2.45, 2.75) is 26.2 Å². The molecule has 0 aliphatic heterocycles. The van der Waals surface area contributed by atoms with E-state index >= 15 is 0 Å². The summed E-state index contributed by atoms with van der Waals surface area (Å²) in [6.07, 6.45) is 8.58. The van der Waals surface area contributed by atoms with Crippen LogP contribution in [0.2, 0.25) is 0 Å². The van der Waals surface area contributed by atoms with E-state index in [0.717, 1.165) is 40.1 Å². The van der Waals surface area contributed by atoms with Crippen LogP contribution in [0.25, 0.3) is 16.2 Å². The van der Waals surface area contributed by atoms with Crippen LogP contribution in [0.1, 0.15) is 42.0 Å². The molecule has 0 N–H and O–H groups in total. The standard InChI is InChI=1S/C20H19BO/c1-14(2)11-12-20(22)17-13-19(15-7-3-4-8-15)21-18-10-6-5-9-16(17)18/h3-7,9-10,13H,1,8,11-12H2,2H3. The second-order valence-electron chi connectivity index (χ2n) is 5.95. The van der Waals surface area contributed by atoms with Crippen molar-refractivity contribution in [1.29, 1.82) is 0 Å². The van der Waals surface area contributed by atoms with Gasteiger partial charge in [0.1, 0.15) is 0 Å². The van der Waals surface area contributed by atoms with E-state index in [1.54, 1.807) is 0 Å². The van der Waals surface area contributed by atoms with Crippen molar-refractivity contribution in [2.75, 3.05) is 0 Å². The number of ketones is 1. The van der Waals surface area contributed by atoms with Crippen molar-refractivity contribution < 1.29 is 4.79 Å². The molecule has 0 bridgehead atoms. The Labute approximate surface area is 132 Å². The molecular weight excluding hydrogens is 267 g/mol. The molecule has 0 saturated heterocycles. The fourth-order valence-electron chi connectivity index (χ4n) is 2.85. The van der Waals surface area contributed by atoms with E-state index in [4.69, 9.17) is 0 Å². The van der Waals surface area contributed by atoms with E-state index in [1.807, 2.05) is 25.1 Å². The van der Waals surface area contributed by atoms with Gasteiger partial charge >= 0.3 is 132 Å². The van der Waals surface area contributed by atoms with E-state index in [1.165, 1.54) is 5.57 Å². The average molecular weight is 286 g/mol. The molecule has 0 unspecified atom stereocenters. The normalized spacial score (nSPS) is 13.2. The molecule has 0 saturated carbocycles. The second kappa shape index (κ2) is 6.27. The molecule has 0 atom stereocenters. The van der Waals surface area contributed by atoms with Gasteiger partial charge in [0, 0.05) is 0 Å². The Balaban J connectivity index is 2.06. The van der Waals surface area contributed by atoms with Gasteiger partial charge in [-0.3, -0.25) is 0 Å². The van der Waals surface area contributed by atoms with E-state index in [-0.39, 0.29) is 5.78 Å². The number of carbonyl (C=O) groups excluding carboxylic acids is 1. The topological polar surface area (TPSA) is 17.1 Å². The zero-order valence-electron chi connectivity index (χ0n) is 12.9. The quantitative estimate of drug-likeness (QED) is 0.554. The van der Waals surface area contributed by atoms with Crippen LogP contribution in [0.15, 0.2) is 60.7 Å². The molecular formula is C20H19BO. The van der Waals surface area contributed by atoms with Crippen LogP contribution in [0.4, 0.5) is 0 Å². The van der Waals surface area contributed by atoms with Crippen molar-refractivity contribution in [3.8, 4) is 0 Å². The van der Waals surface area contributed by atoms with Gasteiger partial charge in [0.05, 0.1) is 0 Å². The Kier molecular flexibility index (Phi) is 4.19. The predicted molar refractivity (Wildman–Crippen MR) is 95.4 cm³/mol. The fourth-order valence-corrected chi connectivity index (χ4v) is 2.85. The van der Waals surface area contributed by atoms with Gasteiger partial charge in [0.25, 0.3) is 0 Å². The molecule has 2 heteroatoms. The molecule has 0 radical (unpaired) electrons. The summed E-state index contributed by atoms with van der Waals surface area (Å²) in [7, 11) is 0. The summed E-state index contributed by atoms with van der Waals surface area (Å²) in [5.74, 6) is 0.201. The van der Waals surface area contributed by atoms with Gasteiger partial charge in [0.15, 0.2) is 0 Å². The zero-order chi connectivity index (χ0) is 15.5. The maximum absolute atomic E-state index is 12.7. The third kappa shape index (κ3) is 3.01. The van der Waals surface area contributed by atoms with Gasteiger partial charge in [-0.2, -0.15) is 0 Å². The molecule has 1 heterocycles. The molecule has 0 spiro atoms. The molecule has 108 valence electrons. The summed E-state index contributed by atoms with van der Waals surface area (Å²) in [4.78, 5) is 12.7. The first-order valence-electron chi connectivity index (χ1n) is 7.71. The molecule has 1 aromatic carbocycles. The number of carbonyl (C=O) groups is 1. The van der Waals surface area contributed by atoms with Crippen molar-refractivity contribution in [3.05, 3.63) is 71.7 Å². The number of allylic oxidation sites excluding steroid dienone is 5. The molecule has 22 heavy (non-hydrogen) atoms. The van der Waals surface area contributed by atoms with Crippen LogP contribution in [0.5, 0.6) is 0 Å². The first-order valence-corrected chi connectivity index (χ1v) is 7.71. The molecule has 1 nitrogen and oxygen atoms in total. The van der Waals surface area contributed by atoms with Crippen molar-refractivity contribution in [2.24, 2.45) is 0 Å². The van der Waals surface area contributed by atoms with Crippen molar-refractivity contribution >= 4 is 28.9 Å². The summed E-state index contributed by atoms with van der Waals surface area (Å²) in [6.45, 7) is 8.05. The number of Topliss-reactive ketones (excluding diaryl/α,β-unsaturated/α-hetero) is 1. The molecule has 0 fully saturated rings. The number of hydrogen-bond donors (Lipinski definition) is 0. The van der Waals surface area contributed by atoms with Gasteiger partial charge in [-0.15, -0.1) is 0 Å². The average Bonchev–Trinajstić information content (AvgIpc) is 3.06. The summed E-state index contributed by atoms with van der Waals surface area (Å²) in [5.41, 5.74) is 4.32. The molecule has 0 amide bonds. The van der Waals surface area contributed by atoms with Crippen LogP contribution >= 0.6 is 0 Å². The Hall–Kier alpha value is -2.22. The van der Waals surface area contributed by atoms with Crippen LogP contribution in [-0.2, 0) is 0 Å². The monoisotopic (exact) mass is 286 g/mol. The van der Waals surface area contributed by atoms with Gasteiger partial charge in [-0.25, -0.2) is 0 Å². The minimum atomic E-state index is 0.201. The minimum absolute atomic E-state index is 0.201. The maximum atomic E-state index is 12.7. The van der Waals surface area contributed by atoms with Gasteiger partial charge in [0.2, 0.25) is 0 Å². The summed E-state index contributed by atoms with van der Waals surface area (Å²) in [5, 5.41) is 2.18. The number of hydrogen-bond acceptors (Lipinski definition) is 1. The van der Waals surface area contributed by atoms with E-state index in [2.05, 4.69) is 43.9 Å². The van der Waals surface area contributed by atoms with Crippen LogP contribution in [-0.4, -0.2) is 12.7 Å². The number of benzene rings is 1. The van der Waals surface area contributed by atoms with Crippen LogP contribution in [0, 0.1) is 0 Å². The molecule has 1 aliphatic rings. The first-order chi connectivity index (χ1) is 10.6. The Bertz CT molecular complexity index is 812. The number of rotatable bonds is 5. The molecule has 3 rings (SSSR count). The molecule has 2 aromatic rings. The van der Waals surface area contributed by atoms with Crippen molar-refractivity contribution in [1.82, 2.24) is 0 Å². The van der Waals surface area contributed by atoms with Crippen LogP contribution in [0.3, 0.4) is 0 Å². The Morgan fingerprint density at radius 3 is 2.82 bits per heavy atom. The van der Waals surface area contributed by atoms with Gasteiger partial charge in [-0.05, 0) is 0 Å². The summed E-state index contributed by atoms with van der Waals surface area (Å²) >= 11 is 0. The first kappa shape index (κ1) is 14.7. The third-order valence-corrected chi connectivity index (χ3v) is 4.08. The second-order valence-corrected chi connectivity index (χ2v) is 5.95. The van der Waals surface area contributed by atoms with E-state index in [9.17, 15) is 4.79 Å². The van der Waals surface area contributed by atoms with Gasteiger partial charge < -0.3 is 0 Å². The Morgan fingerprint density at radius 2 is 2.09 bits per heavy atom. The predicted octanol–water partition coefficient (Wildman–Crippen LogP) is 5.06. The van der Waals surface area contributed by atoms with E-state index < -0.39 is 0 Å². The Morgan fingerprint density at radius 1 is 1.27 bits per heavy atom. The zero-order valence-corrected chi connectivity index (χ0v) is 12.9. The molecule has 1 aromatic heterocycles. The SMILES string of the molecule is C=C(C)CCC(=O)c1cc(C2=CC=CC2)bc2ccccc12. The molecule has 1 aliphatic carbocycles. The van der Waals surface area contributed by atoms with Crippen molar-refractivity contribution in [3.63, 3.8) is 0 Å². The van der Waals surface area contributed by atoms with E-state index in [0.29, 0.717) is 6.42 Å². The van der Waals surface area contributed by atoms with Crippen LogP contribution < -0.4 is 0 Å². The fraction of sp³-hybridized carbons (Fsp3) is 0.200. The van der Waals surface area contributed by atoms with Gasteiger partial charge in [-0.1, -0.05) is 0 Å². The summed E-state index contributed by atoms with van der Waals surface area (Å²) < 4.78 is 0. The number of fused-ring (bicyclic) bond motifs is 1. The third-order valence-electron chi connectivity index (χ3n) is 4.08.